The Bertz CT molecular complexity index is 704. The van der Waals surface area contributed by atoms with Gasteiger partial charge in [0.25, 0.3) is 5.24 Å². The third-order valence-electron chi connectivity index (χ3n) is 6.91. The predicted octanol–water partition coefficient (Wildman–Crippen LogP) is 6.10. The Morgan fingerprint density at radius 3 is 2.62 bits per heavy atom. The second-order valence-electron chi connectivity index (χ2n) is 8.96. The molecule has 29 heavy (non-hydrogen) atoms. The van der Waals surface area contributed by atoms with Crippen molar-refractivity contribution in [3.05, 3.63) is 34.1 Å². The summed E-state index contributed by atoms with van der Waals surface area (Å²) in [5.41, 5.74) is 1.09. The number of carbonyl (C=O) groups is 1. The number of benzene rings is 1. The SMILES string of the molecule is O=C1SC(CCN2CCC(Cc3cc(F)ccc3Br)CC2)CN1C1CCCCC1. The second kappa shape index (κ2) is 10.1. The number of hydrogen-bond donors (Lipinski definition) is 0. The first kappa shape index (κ1) is 21.6. The van der Waals surface area contributed by atoms with E-state index in [1.54, 1.807) is 17.8 Å². The molecule has 2 saturated heterocycles. The van der Waals surface area contributed by atoms with E-state index in [2.05, 4.69) is 25.7 Å². The number of hydrogen-bond acceptors (Lipinski definition) is 3. The molecule has 1 aromatic carbocycles. The van der Waals surface area contributed by atoms with Crippen molar-refractivity contribution in [1.29, 1.82) is 0 Å². The van der Waals surface area contributed by atoms with Crippen LogP contribution in [0.1, 0.15) is 56.9 Å². The molecule has 3 fully saturated rings. The molecule has 0 spiro atoms. The zero-order valence-corrected chi connectivity index (χ0v) is 19.5. The van der Waals surface area contributed by atoms with E-state index in [0.717, 1.165) is 49.1 Å². The maximum absolute atomic E-state index is 13.5. The number of halogens is 2. The number of rotatable bonds is 6. The van der Waals surface area contributed by atoms with Crippen molar-refractivity contribution >= 4 is 32.9 Å². The Hall–Kier alpha value is -0.590. The van der Waals surface area contributed by atoms with Crippen molar-refractivity contribution in [3.63, 3.8) is 0 Å². The molecule has 3 nitrogen and oxygen atoms in total. The van der Waals surface area contributed by atoms with Crippen molar-refractivity contribution in [2.24, 2.45) is 5.92 Å². The number of likely N-dealkylation sites (tertiary alicyclic amines) is 1. The second-order valence-corrected chi connectivity index (χ2v) is 11.1. The number of piperidine rings is 1. The molecule has 1 amide bonds. The first-order chi connectivity index (χ1) is 14.1. The normalized spacial score (nSPS) is 25.1. The molecule has 2 aliphatic heterocycles. The number of nitrogens with zero attached hydrogens (tertiary/aromatic N) is 2. The van der Waals surface area contributed by atoms with Crippen molar-refractivity contribution in [3.8, 4) is 0 Å². The predicted molar refractivity (Wildman–Crippen MR) is 122 cm³/mol. The lowest BCUT2D eigenvalue weighted by atomic mass is 9.90. The van der Waals surface area contributed by atoms with Crippen LogP contribution >= 0.6 is 27.7 Å². The molecule has 4 rings (SSSR count). The fourth-order valence-electron chi connectivity index (χ4n) is 5.13. The van der Waals surface area contributed by atoms with Gasteiger partial charge in [0.1, 0.15) is 5.82 Å². The quantitative estimate of drug-likeness (QED) is 0.488. The van der Waals surface area contributed by atoms with E-state index in [-0.39, 0.29) is 5.82 Å². The van der Waals surface area contributed by atoms with Crippen LogP contribution in [0.4, 0.5) is 9.18 Å². The summed E-state index contributed by atoms with van der Waals surface area (Å²) in [5, 5.41) is 0.784. The lowest BCUT2D eigenvalue weighted by Crippen LogP contribution is -2.38. The summed E-state index contributed by atoms with van der Waals surface area (Å²) in [7, 11) is 0. The zero-order chi connectivity index (χ0) is 20.2. The van der Waals surface area contributed by atoms with Crippen LogP contribution in [0.15, 0.2) is 22.7 Å². The standard InChI is InChI=1S/C23H32BrFN2OS/c24-22-7-6-19(25)15-18(22)14-17-8-11-26(12-9-17)13-10-21-16-27(23(28)29-21)20-4-2-1-3-5-20/h6-7,15,17,20-21H,1-5,8-14,16H2. The Morgan fingerprint density at radius 1 is 1.10 bits per heavy atom. The van der Waals surface area contributed by atoms with Gasteiger partial charge in [0.05, 0.1) is 0 Å². The lowest BCUT2D eigenvalue weighted by Gasteiger charge is -2.33. The lowest BCUT2D eigenvalue weighted by molar-refractivity contribution is 0.171. The van der Waals surface area contributed by atoms with Crippen molar-refractivity contribution in [2.75, 3.05) is 26.2 Å². The summed E-state index contributed by atoms with van der Waals surface area (Å²) in [6, 6.07) is 5.50. The van der Waals surface area contributed by atoms with Crippen LogP contribution in [0, 0.1) is 11.7 Å². The van der Waals surface area contributed by atoms with Crippen LogP contribution in [-0.2, 0) is 6.42 Å². The summed E-state index contributed by atoms with van der Waals surface area (Å²) >= 11 is 5.14. The molecule has 1 aromatic rings. The minimum atomic E-state index is -0.147. The van der Waals surface area contributed by atoms with Crippen LogP contribution in [0.3, 0.4) is 0 Å². The van der Waals surface area contributed by atoms with E-state index < -0.39 is 0 Å². The van der Waals surface area contributed by atoms with Gasteiger partial charge in [0.15, 0.2) is 0 Å². The number of amides is 1. The highest BCUT2D eigenvalue weighted by atomic mass is 79.9. The summed E-state index contributed by atoms with van der Waals surface area (Å²) in [5.74, 6) is 0.486. The summed E-state index contributed by atoms with van der Waals surface area (Å²) in [6.45, 7) is 4.29. The molecule has 1 unspecified atom stereocenters. The fraction of sp³-hybridized carbons (Fsp3) is 0.696. The van der Waals surface area contributed by atoms with E-state index >= 15 is 0 Å². The number of carbonyl (C=O) groups excluding carboxylic acids is 1. The largest absolute Gasteiger partial charge is 0.329 e. The smallest absolute Gasteiger partial charge is 0.282 e. The average Bonchev–Trinajstić information content (AvgIpc) is 3.11. The molecule has 6 heteroatoms. The van der Waals surface area contributed by atoms with Gasteiger partial charge in [0, 0.05) is 22.3 Å². The molecule has 0 N–H and O–H groups in total. The van der Waals surface area contributed by atoms with Gasteiger partial charge in [0.2, 0.25) is 0 Å². The zero-order valence-electron chi connectivity index (χ0n) is 17.1. The molecule has 0 bridgehead atoms. The van der Waals surface area contributed by atoms with E-state index in [1.807, 2.05) is 6.07 Å². The van der Waals surface area contributed by atoms with Gasteiger partial charge < -0.3 is 9.80 Å². The van der Waals surface area contributed by atoms with Crippen molar-refractivity contribution in [1.82, 2.24) is 9.80 Å². The highest BCUT2D eigenvalue weighted by molar-refractivity contribution is 9.10. The van der Waals surface area contributed by atoms with Gasteiger partial charge in [-0.05, 0) is 87.8 Å². The molecule has 3 aliphatic rings. The molecular formula is C23H32BrFN2OS. The van der Waals surface area contributed by atoms with Crippen LogP contribution < -0.4 is 0 Å². The van der Waals surface area contributed by atoms with E-state index in [4.69, 9.17) is 0 Å². The summed E-state index contributed by atoms with van der Waals surface area (Å²) in [6.07, 6.45) is 10.7. The molecule has 0 aromatic heterocycles. The summed E-state index contributed by atoms with van der Waals surface area (Å²) in [4.78, 5) is 17.2. The fourth-order valence-corrected chi connectivity index (χ4v) is 6.65. The summed E-state index contributed by atoms with van der Waals surface area (Å²) < 4.78 is 14.5. The van der Waals surface area contributed by atoms with Gasteiger partial charge >= 0.3 is 0 Å². The number of thioether (sulfide) groups is 1. The maximum atomic E-state index is 13.5. The van der Waals surface area contributed by atoms with Gasteiger partial charge in [-0.25, -0.2) is 4.39 Å². The molecule has 2 heterocycles. The third-order valence-corrected chi connectivity index (χ3v) is 8.84. The van der Waals surface area contributed by atoms with E-state index in [0.29, 0.717) is 22.4 Å². The minimum absolute atomic E-state index is 0.147. The molecule has 0 radical (unpaired) electrons. The van der Waals surface area contributed by atoms with Crippen LogP contribution in [0.5, 0.6) is 0 Å². The molecule has 1 atom stereocenters. The van der Waals surface area contributed by atoms with Crippen molar-refractivity contribution < 1.29 is 9.18 Å². The van der Waals surface area contributed by atoms with Crippen LogP contribution in [0.2, 0.25) is 0 Å². The van der Waals surface area contributed by atoms with E-state index in [9.17, 15) is 9.18 Å². The maximum Gasteiger partial charge on any atom is 0.282 e. The Labute approximate surface area is 186 Å². The molecular weight excluding hydrogens is 451 g/mol. The first-order valence-electron chi connectivity index (χ1n) is 11.2. The van der Waals surface area contributed by atoms with Crippen LogP contribution in [0.25, 0.3) is 0 Å². The Kier molecular flexibility index (Phi) is 7.57. The average molecular weight is 483 g/mol. The molecule has 160 valence electrons. The Balaban J connectivity index is 1.18. The molecule has 1 aliphatic carbocycles. The van der Waals surface area contributed by atoms with Gasteiger partial charge in [-0.3, -0.25) is 4.79 Å². The van der Waals surface area contributed by atoms with Gasteiger partial charge in [-0.1, -0.05) is 47.0 Å². The minimum Gasteiger partial charge on any atom is -0.329 e. The third kappa shape index (κ3) is 5.76. The van der Waals surface area contributed by atoms with Crippen molar-refractivity contribution in [2.45, 2.75) is 69.1 Å². The first-order valence-corrected chi connectivity index (χ1v) is 12.9. The monoisotopic (exact) mass is 482 g/mol. The highest BCUT2D eigenvalue weighted by Gasteiger charge is 2.35. The Morgan fingerprint density at radius 2 is 1.86 bits per heavy atom. The topological polar surface area (TPSA) is 23.6 Å². The van der Waals surface area contributed by atoms with Gasteiger partial charge in [-0.2, -0.15) is 0 Å². The highest BCUT2D eigenvalue weighted by Crippen LogP contribution is 2.34. The van der Waals surface area contributed by atoms with Gasteiger partial charge in [-0.15, -0.1) is 0 Å². The molecule has 1 saturated carbocycles. The van der Waals surface area contributed by atoms with Crippen LogP contribution in [-0.4, -0.2) is 52.5 Å². The van der Waals surface area contributed by atoms with E-state index in [1.165, 1.54) is 51.0 Å².